The van der Waals surface area contributed by atoms with Crippen LogP contribution in [0.3, 0.4) is 0 Å². The van der Waals surface area contributed by atoms with Gasteiger partial charge in [-0.15, -0.1) is 0 Å². The first kappa shape index (κ1) is 14.9. The molecule has 2 atom stereocenters. The van der Waals surface area contributed by atoms with Gasteiger partial charge in [0, 0.05) is 11.1 Å². The van der Waals surface area contributed by atoms with Crippen molar-refractivity contribution in [3.8, 4) is 0 Å². The second kappa shape index (κ2) is 5.77. The maximum Gasteiger partial charge on any atom is 0.165 e. The molecule has 4 rings (SSSR count). The molecule has 2 aromatic rings. The average molecular weight is 308 g/mol. The Morgan fingerprint density at radius 3 is 1.35 bits per heavy atom. The first-order chi connectivity index (χ1) is 11.2. The zero-order valence-electron chi connectivity index (χ0n) is 14.3. The van der Waals surface area contributed by atoms with Crippen molar-refractivity contribution in [2.75, 3.05) is 26.2 Å². The molecule has 0 radical (unpaired) electrons. The molecule has 0 amide bonds. The maximum absolute atomic E-state index is 2.38. The van der Waals surface area contributed by atoms with E-state index in [1.165, 1.54) is 37.3 Å². The Labute approximate surface area is 139 Å². The second-order valence-corrected chi connectivity index (χ2v) is 7.79. The van der Waals surface area contributed by atoms with Gasteiger partial charge >= 0.3 is 0 Å². The SMILES string of the molecule is CC(c1ccccc1)[NH+]1CC2(C1)C[NH+](C(C)c1ccccc1)C2. The number of hydrogen-bond acceptors (Lipinski definition) is 0. The zero-order valence-corrected chi connectivity index (χ0v) is 14.3. The summed E-state index contributed by atoms with van der Waals surface area (Å²) in [5.74, 6) is 0. The lowest BCUT2D eigenvalue weighted by atomic mass is 9.71. The summed E-state index contributed by atoms with van der Waals surface area (Å²) in [5.41, 5.74) is 3.61. The Kier molecular flexibility index (Phi) is 3.74. The van der Waals surface area contributed by atoms with Crippen molar-refractivity contribution in [1.82, 2.24) is 0 Å². The van der Waals surface area contributed by atoms with Crippen LogP contribution in [0.15, 0.2) is 60.7 Å². The monoisotopic (exact) mass is 308 g/mol. The normalized spacial score (nSPS) is 31.9. The Morgan fingerprint density at radius 1 is 0.652 bits per heavy atom. The van der Waals surface area contributed by atoms with Crippen molar-refractivity contribution >= 4 is 0 Å². The van der Waals surface area contributed by atoms with Gasteiger partial charge in [0.2, 0.25) is 0 Å². The van der Waals surface area contributed by atoms with Gasteiger partial charge in [-0.2, -0.15) is 0 Å². The van der Waals surface area contributed by atoms with E-state index in [1.807, 2.05) is 0 Å². The molecule has 2 fully saturated rings. The van der Waals surface area contributed by atoms with Gasteiger partial charge in [-0.05, 0) is 13.8 Å². The largest absolute Gasteiger partial charge is 0.327 e. The van der Waals surface area contributed by atoms with E-state index in [-0.39, 0.29) is 0 Å². The van der Waals surface area contributed by atoms with Crippen LogP contribution in [0.4, 0.5) is 0 Å². The van der Waals surface area contributed by atoms with Crippen LogP contribution >= 0.6 is 0 Å². The predicted octanol–water partition coefficient (Wildman–Crippen LogP) is 1.29. The van der Waals surface area contributed by atoms with Crippen LogP contribution in [-0.4, -0.2) is 26.2 Å². The molecule has 2 unspecified atom stereocenters. The minimum absolute atomic E-state index is 0.636. The molecule has 2 aliphatic heterocycles. The van der Waals surface area contributed by atoms with Crippen molar-refractivity contribution in [2.24, 2.45) is 5.41 Å². The van der Waals surface area contributed by atoms with Crippen LogP contribution in [0.2, 0.25) is 0 Å². The summed E-state index contributed by atoms with van der Waals surface area (Å²) in [5, 5.41) is 0. The van der Waals surface area contributed by atoms with Gasteiger partial charge in [0.05, 0.1) is 26.2 Å². The van der Waals surface area contributed by atoms with E-state index in [1.54, 1.807) is 9.80 Å². The molecule has 0 saturated carbocycles. The van der Waals surface area contributed by atoms with Gasteiger partial charge in [0.1, 0.15) is 12.1 Å². The number of rotatable bonds is 4. The molecule has 1 spiro atoms. The number of benzene rings is 2. The van der Waals surface area contributed by atoms with Crippen LogP contribution in [0, 0.1) is 5.41 Å². The lowest BCUT2D eigenvalue weighted by molar-refractivity contribution is -1.07. The Morgan fingerprint density at radius 2 is 1.00 bits per heavy atom. The van der Waals surface area contributed by atoms with E-state index in [0.29, 0.717) is 17.5 Å². The van der Waals surface area contributed by atoms with Gasteiger partial charge in [-0.3, -0.25) is 0 Å². The molecule has 120 valence electrons. The third-order valence-electron chi connectivity index (χ3n) is 6.23. The van der Waals surface area contributed by atoms with E-state index < -0.39 is 0 Å². The second-order valence-electron chi connectivity index (χ2n) is 7.79. The third kappa shape index (κ3) is 2.71. The minimum Gasteiger partial charge on any atom is -0.327 e. The number of quaternary nitrogens is 2. The Bertz CT molecular complexity index is 577. The lowest BCUT2D eigenvalue weighted by Gasteiger charge is -2.56. The van der Waals surface area contributed by atoms with Crippen molar-refractivity contribution in [2.45, 2.75) is 25.9 Å². The fourth-order valence-corrected chi connectivity index (χ4v) is 4.64. The Hall–Kier alpha value is -1.64. The molecule has 2 heteroatoms. The zero-order chi connectivity index (χ0) is 15.9. The highest BCUT2D eigenvalue weighted by molar-refractivity contribution is 5.18. The predicted molar refractivity (Wildman–Crippen MR) is 93.5 cm³/mol. The fraction of sp³-hybridized carbons (Fsp3) is 0.429. The van der Waals surface area contributed by atoms with Crippen LogP contribution in [0.1, 0.15) is 37.1 Å². The average Bonchev–Trinajstić information content (AvgIpc) is 2.53. The van der Waals surface area contributed by atoms with E-state index in [4.69, 9.17) is 0 Å². The molecular formula is C21H28N2+2. The molecule has 0 aromatic heterocycles. The third-order valence-corrected chi connectivity index (χ3v) is 6.23. The first-order valence-electron chi connectivity index (χ1n) is 8.96. The van der Waals surface area contributed by atoms with Crippen molar-refractivity contribution in [1.29, 1.82) is 0 Å². The van der Waals surface area contributed by atoms with Gasteiger partial charge in [0.15, 0.2) is 5.41 Å². The first-order valence-corrected chi connectivity index (χ1v) is 8.96. The quantitative estimate of drug-likeness (QED) is 0.842. The van der Waals surface area contributed by atoms with Crippen molar-refractivity contribution in [3.63, 3.8) is 0 Å². The van der Waals surface area contributed by atoms with Gasteiger partial charge in [-0.1, -0.05) is 60.7 Å². The topological polar surface area (TPSA) is 8.88 Å². The summed E-state index contributed by atoms with van der Waals surface area (Å²) in [7, 11) is 0. The van der Waals surface area contributed by atoms with Crippen LogP contribution < -0.4 is 9.80 Å². The van der Waals surface area contributed by atoms with Gasteiger partial charge < -0.3 is 9.80 Å². The number of hydrogen-bond donors (Lipinski definition) is 2. The van der Waals surface area contributed by atoms with Crippen molar-refractivity contribution < 1.29 is 9.80 Å². The molecule has 2 saturated heterocycles. The van der Waals surface area contributed by atoms with E-state index in [0.717, 1.165) is 0 Å². The molecular weight excluding hydrogens is 280 g/mol. The summed E-state index contributed by atoms with van der Waals surface area (Å²) in [6, 6.07) is 23.3. The Balaban J connectivity index is 1.32. The molecule has 23 heavy (non-hydrogen) atoms. The molecule has 2 aromatic carbocycles. The standard InChI is InChI=1S/C21H26N2/c1-17(19-9-5-3-6-10-19)22-13-21(14-22)15-23(16-21)18(2)20-11-7-4-8-12-20/h3-12,17-18H,13-16H2,1-2H3/p+2. The maximum atomic E-state index is 2.38. The highest BCUT2D eigenvalue weighted by Crippen LogP contribution is 2.25. The van der Waals surface area contributed by atoms with Gasteiger partial charge in [-0.25, -0.2) is 0 Å². The number of nitrogens with one attached hydrogen (secondary N) is 2. The fourth-order valence-electron chi connectivity index (χ4n) is 4.64. The van der Waals surface area contributed by atoms with Crippen LogP contribution in [0.25, 0.3) is 0 Å². The summed E-state index contributed by atoms with van der Waals surface area (Å²) in [4.78, 5) is 3.53. The smallest absolute Gasteiger partial charge is 0.165 e. The van der Waals surface area contributed by atoms with E-state index >= 15 is 0 Å². The minimum atomic E-state index is 0.636. The van der Waals surface area contributed by atoms with Crippen molar-refractivity contribution in [3.05, 3.63) is 71.8 Å². The summed E-state index contributed by atoms with van der Waals surface area (Å²) < 4.78 is 0. The molecule has 0 bridgehead atoms. The molecule has 0 aliphatic carbocycles. The van der Waals surface area contributed by atoms with Crippen LogP contribution in [0.5, 0.6) is 0 Å². The van der Waals surface area contributed by atoms with Gasteiger partial charge in [0.25, 0.3) is 0 Å². The van der Waals surface area contributed by atoms with E-state index in [2.05, 4.69) is 74.5 Å². The number of likely N-dealkylation sites (tertiary alicyclic amines) is 2. The summed E-state index contributed by atoms with van der Waals surface area (Å²) in [6.07, 6.45) is 0. The molecule has 2 N–H and O–H groups in total. The highest BCUT2D eigenvalue weighted by atomic mass is 15.3. The molecule has 2 nitrogen and oxygen atoms in total. The molecule has 2 aliphatic rings. The highest BCUT2D eigenvalue weighted by Gasteiger charge is 2.61. The summed E-state index contributed by atoms with van der Waals surface area (Å²) >= 11 is 0. The lowest BCUT2D eigenvalue weighted by Crippen LogP contribution is -3.33. The molecule has 2 heterocycles. The summed E-state index contributed by atoms with van der Waals surface area (Å²) in [6.45, 7) is 10.2. The van der Waals surface area contributed by atoms with E-state index in [9.17, 15) is 0 Å². The van der Waals surface area contributed by atoms with Crippen LogP contribution in [-0.2, 0) is 0 Å².